The predicted octanol–water partition coefficient (Wildman–Crippen LogP) is 2.12. The summed E-state index contributed by atoms with van der Waals surface area (Å²) in [6.07, 6.45) is 0. The van der Waals surface area contributed by atoms with E-state index in [1.165, 1.54) is 32.0 Å². The van der Waals surface area contributed by atoms with Crippen molar-refractivity contribution < 1.29 is 13.9 Å². The number of primary amides is 1. The van der Waals surface area contributed by atoms with E-state index in [1.54, 1.807) is 0 Å². The van der Waals surface area contributed by atoms with Crippen LogP contribution in [0.3, 0.4) is 0 Å². The predicted molar refractivity (Wildman–Crippen MR) is 55.3 cm³/mol. The van der Waals surface area contributed by atoms with Crippen molar-refractivity contribution in [2.24, 2.45) is 5.73 Å². The number of amides is 1. The zero-order chi connectivity index (χ0) is 11.6. The van der Waals surface area contributed by atoms with Crippen LogP contribution in [0.15, 0.2) is 18.2 Å². The molecule has 82 valence electrons. The maximum Gasteiger partial charge on any atom is 0.261 e. The van der Waals surface area contributed by atoms with Crippen molar-refractivity contribution >= 4 is 17.5 Å². The first-order valence-electron chi connectivity index (χ1n) is 4.27. The summed E-state index contributed by atoms with van der Waals surface area (Å²) < 4.78 is 18.3. The summed E-state index contributed by atoms with van der Waals surface area (Å²) in [5.74, 6) is -1.15. The Kier molecular flexibility index (Phi) is 3.19. The van der Waals surface area contributed by atoms with Crippen LogP contribution in [0.25, 0.3) is 0 Å². The van der Waals surface area contributed by atoms with Gasteiger partial charge in [-0.3, -0.25) is 4.79 Å². The average Bonchev–Trinajstić information content (AvgIpc) is 2.12. The molecule has 0 heterocycles. The second-order valence-corrected chi connectivity index (χ2v) is 3.91. The zero-order valence-corrected chi connectivity index (χ0v) is 9.14. The highest BCUT2D eigenvalue weighted by molar-refractivity contribution is 6.32. The fourth-order valence-corrected chi connectivity index (χ4v) is 1.05. The van der Waals surface area contributed by atoms with Gasteiger partial charge in [0.05, 0.1) is 0 Å². The highest BCUT2D eigenvalue weighted by atomic mass is 35.5. The van der Waals surface area contributed by atoms with Gasteiger partial charge in [-0.1, -0.05) is 17.7 Å². The number of halogens is 2. The lowest BCUT2D eigenvalue weighted by Gasteiger charge is -2.23. The molecule has 0 aliphatic rings. The van der Waals surface area contributed by atoms with E-state index in [4.69, 9.17) is 22.1 Å². The summed E-state index contributed by atoms with van der Waals surface area (Å²) in [6.45, 7) is 2.97. The van der Waals surface area contributed by atoms with Gasteiger partial charge in [-0.2, -0.15) is 0 Å². The van der Waals surface area contributed by atoms with Gasteiger partial charge >= 0.3 is 0 Å². The molecule has 1 aromatic carbocycles. The number of carbonyl (C=O) groups excluding carboxylic acids is 1. The van der Waals surface area contributed by atoms with Crippen LogP contribution in [0.5, 0.6) is 5.75 Å². The Balaban J connectivity index is 3.00. The van der Waals surface area contributed by atoms with Crippen molar-refractivity contribution in [3.8, 4) is 5.75 Å². The number of nitrogens with two attached hydrogens (primary N) is 1. The first-order chi connectivity index (χ1) is 6.84. The molecule has 0 fully saturated rings. The molecule has 0 bridgehead atoms. The molecule has 0 atom stereocenters. The minimum atomic E-state index is -1.22. The summed E-state index contributed by atoms with van der Waals surface area (Å²) in [6, 6.07) is 4.11. The van der Waals surface area contributed by atoms with E-state index in [1.807, 2.05) is 0 Å². The van der Waals surface area contributed by atoms with E-state index < -0.39 is 17.3 Å². The lowest BCUT2D eigenvalue weighted by atomic mass is 10.1. The normalized spacial score (nSPS) is 11.2. The molecule has 0 aromatic heterocycles. The van der Waals surface area contributed by atoms with Crippen LogP contribution in [0.4, 0.5) is 4.39 Å². The van der Waals surface area contributed by atoms with Gasteiger partial charge in [-0.25, -0.2) is 4.39 Å². The number of carbonyl (C=O) groups is 1. The van der Waals surface area contributed by atoms with E-state index in [0.29, 0.717) is 0 Å². The fraction of sp³-hybridized carbons (Fsp3) is 0.300. The van der Waals surface area contributed by atoms with E-state index in [-0.39, 0.29) is 10.8 Å². The first kappa shape index (κ1) is 11.8. The third kappa shape index (κ3) is 2.59. The van der Waals surface area contributed by atoms with E-state index >= 15 is 0 Å². The van der Waals surface area contributed by atoms with Gasteiger partial charge in [0.1, 0.15) is 16.6 Å². The number of ether oxygens (including phenoxy) is 1. The highest BCUT2D eigenvalue weighted by Gasteiger charge is 2.28. The van der Waals surface area contributed by atoms with Crippen LogP contribution >= 0.6 is 11.6 Å². The molecule has 3 nitrogen and oxygen atoms in total. The second kappa shape index (κ2) is 4.06. The van der Waals surface area contributed by atoms with Gasteiger partial charge in [0.25, 0.3) is 5.91 Å². The molecule has 15 heavy (non-hydrogen) atoms. The van der Waals surface area contributed by atoms with Crippen molar-refractivity contribution in [1.82, 2.24) is 0 Å². The fourth-order valence-electron chi connectivity index (χ4n) is 0.888. The Labute approximate surface area is 92.0 Å². The van der Waals surface area contributed by atoms with Gasteiger partial charge in [0, 0.05) is 0 Å². The molecular formula is C10H11ClFNO2. The molecule has 0 radical (unpaired) electrons. The maximum absolute atomic E-state index is 13.0. The number of benzene rings is 1. The monoisotopic (exact) mass is 231 g/mol. The van der Waals surface area contributed by atoms with Crippen LogP contribution in [0.2, 0.25) is 5.02 Å². The van der Waals surface area contributed by atoms with Crippen LogP contribution < -0.4 is 10.5 Å². The molecule has 0 spiro atoms. The van der Waals surface area contributed by atoms with Crippen molar-refractivity contribution in [3.05, 3.63) is 29.0 Å². The average molecular weight is 232 g/mol. The summed E-state index contributed by atoms with van der Waals surface area (Å²) >= 11 is 5.65. The third-order valence-corrected chi connectivity index (χ3v) is 2.24. The molecule has 1 amide bonds. The van der Waals surface area contributed by atoms with Crippen LogP contribution in [-0.2, 0) is 4.79 Å². The second-order valence-electron chi connectivity index (χ2n) is 3.53. The summed E-state index contributed by atoms with van der Waals surface area (Å²) in [7, 11) is 0. The van der Waals surface area contributed by atoms with Crippen molar-refractivity contribution in [2.45, 2.75) is 19.4 Å². The molecule has 1 aromatic rings. The van der Waals surface area contributed by atoms with Gasteiger partial charge in [0.2, 0.25) is 0 Å². The zero-order valence-electron chi connectivity index (χ0n) is 8.38. The Hall–Kier alpha value is -1.29. The number of hydrogen-bond donors (Lipinski definition) is 1. The quantitative estimate of drug-likeness (QED) is 0.866. The molecule has 0 saturated heterocycles. The van der Waals surface area contributed by atoms with Crippen molar-refractivity contribution in [2.75, 3.05) is 0 Å². The van der Waals surface area contributed by atoms with Crippen LogP contribution in [0, 0.1) is 5.82 Å². The molecule has 5 heteroatoms. The number of hydrogen-bond acceptors (Lipinski definition) is 2. The Morgan fingerprint density at radius 1 is 1.53 bits per heavy atom. The topological polar surface area (TPSA) is 52.3 Å². The van der Waals surface area contributed by atoms with Gasteiger partial charge < -0.3 is 10.5 Å². The molecular weight excluding hydrogens is 221 g/mol. The lowest BCUT2D eigenvalue weighted by molar-refractivity contribution is -0.130. The third-order valence-electron chi connectivity index (χ3n) is 1.87. The molecule has 0 saturated carbocycles. The Morgan fingerprint density at radius 2 is 2.13 bits per heavy atom. The van der Waals surface area contributed by atoms with E-state index in [9.17, 15) is 9.18 Å². The smallest absolute Gasteiger partial charge is 0.261 e. The van der Waals surface area contributed by atoms with Crippen LogP contribution in [-0.4, -0.2) is 11.5 Å². The van der Waals surface area contributed by atoms with E-state index in [0.717, 1.165) is 0 Å². The first-order valence-corrected chi connectivity index (χ1v) is 4.65. The highest BCUT2D eigenvalue weighted by Crippen LogP contribution is 2.29. The molecule has 0 aliphatic carbocycles. The minimum absolute atomic E-state index is 0.0977. The molecule has 0 aliphatic heterocycles. The molecule has 0 unspecified atom stereocenters. The molecule has 2 N–H and O–H groups in total. The van der Waals surface area contributed by atoms with Crippen molar-refractivity contribution in [1.29, 1.82) is 0 Å². The lowest BCUT2D eigenvalue weighted by Crippen LogP contribution is -2.43. The Bertz CT molecular complexity index is 393. The van der Waals surface area contributed by atoms with E-state index in [2.05, 4.69) is 0 Å². The van der Waals surface area contributed by atoms with Crippen molar-refractivity contribution in [3.63, 3.8) is 0 Å². The SMILES string of the molecule is CC(C)(Oc1cccc(F)c1Cl)C(N)=O. The number of rotatable bonds is 3. The summed E-state index contributed by atoms with van der Waals surface area (Å²) in [5.41, 5.74) is 3.88. The Morgan fingerprint density at radius 3 is 2.67 bits per heavy atom. The summed E-state index contributed by atoms with van der Waals surface area (Å²) in [4.78, 5) is 11.0. The van der Waals surface area contributed by atoms with Gasteiger partial charge in [0.15, 0.2) is 5.60 Å². The molecule has 1 rings (SSSR count). The maximum atomic E-state index is 13.0. The minimum Gasteiger partial charge on any atom is -0.476 e. The summed E-state index contributed by atoms with van der Waals surface area (Å²) in [5, 5.41) is -0.160. The van der Waals surface area contributed by atoms with Gasteiger partial charge in [-0.05, 0) is 26.0 Å². The largest absolute Gasteiger partial charge is 0.476 e. The van der Waals surface area contributed by atoms with Gasteiger partial charge in [-0.15, -0.1) is 0 Å². The standard InChI is InChI=1S/C10H11ClFNO2/c1-10(2,9(13)14)15-7-5-3-4-6(12)8(7)11/h3-5H,1-2H3,(H2,13,14). The van der Waals surface area contributed by atoms with Crippen LogP contribution in [0.1, 0.15) is 13.8 Å².